The van der Waals surface area contributed by atoms with Gasteiger partial charge in [0.2, 0.25) is 0 Å². The molecule has 0 unspecified atom stereocenters. The normalized spacial score (nSPS) is 14.7. The van der Waals surface area contributed by atoms with Crippen molar-refractivity contribution in [3.05, 3.63) is 87.9 Å². The van der Waals surface area contributed by atoms with Crippen molar-refractivity contribution in [3.8, 4) is 11.1 Å². The molecular formula is C26H23F4N5O2. The molecule has 0 bridgehead atoms. The van der Waals surface area contributed by atoms with Gasteiger partial charge in [0.05, 0.1) is 12.7 Å². The van der Waals surface area contributed by atoms with E-state index in [1.165, 1.54) is 35.0 Å². The molecule has 0 saturated carbocycles. The van der Waals surface area contributed by atoms with E-state index in [1.54, 1.807) is 12.1 Å². The van der Waals surface area contributed by atoms with Gasteiger partial charge in [-0.1, -0.05) is 6.07 Å². The van der Waals surface area contributed by atoms with E-state index in [0.717, 1.165) is 38.2 Å². The molecule has 192 valence electrons. The van der Waals surface area contributed by atoms with Gasteiger partial charge >= 0.3 is 6.18 Å². The van der Waals surface area contributed by atoms with Crippen LogP contribution in [0.25, 0.3) is 21.9 Å². The van der Waals surface area contributed by atoms with Crippen molar-refractivity contribution in [2.45, 2.75) is 31.6 Å². The molecule has 5 rings (SSSR count). The molecule has 0 radical (unpaired) electrons. The first kappa shape index (κ1) is 24.7. The van der Waals surface area contributed by atoms with Crippen molar-refractivity contribution in [1.29, 1.82) is 0 Å². The van der Waals surface area contributed by atoms with Crippen molar-refractivity contribution >= 4 is 16.7 Å². The number of carbonyl (C=O) groups is 1. The van der Waals surface area contributed by atoms with Crippen LogP contribution in [0, 0.1) is 5.82 Å². The summed E-state index contributed by atoms with van der Waals surface area (Å²) in [6.45, 7) is 1.62. The lowest BCUT2D eigenvalue weighted by atomic mass is 10.0. The average Bonchev–Trinajstić information content (AvgIpc) is 3.37. The lowest BCUT2D eigenvalue weighted by Gasteiger charge is -2.23. The molecule has 4 aromatic rings. The summed E-state index contributed by atoms with van der Waals surface area (Å²) in [5.74, 6) is -0.962. The summed E-state index contributed by atoms with van der Waals surface area (Å²) in [6.07, 6.45) is -0.429. The van der Waals surface area contributed by atoms with Gasteiger partial charge in [-0.15, -0.1) is 0 Å². The zero-order valence-electron chi connectivity index (χ0n) is 19.5. The minimum absolute atomic E-state index is 0.0157. The summed E-state index contributed by atoms with van der Waals surface area (Å²) >= 11 is 0. The maximum absolute atomic E-state index is 14.4. The Morgan fingerprint density at radius 2 is 1.89 bits per heavy atom. The molecule has 11 heteroatoms. The third kappa shape index (κ3) is 5.26. The largest absolute Gasteiger partial charge is 0.433 e. The molecule has 7 nitrogen and oxygen atoms in total. The molecule has 0 aliphatic carbocycles. The van der Waals surface area contributed by atoms with Crippen molar-refractivity contribution < 1.29 is 22.4 Å². The number of piperidine rings is 1. The van der Waals surface area contributed by atoms with Crippen LogP contribution in [0.2, 0.25) is 0 Å². The van der Waals surface area contributed by atoms with E-state index in [0.29, 0.717) is 16.3 Å². The molecule has 1 fully saturated rings. The summed E-state index contributed by atoms with van der Waals surface area (Å²) in [7, 11) is 0. The summed E-state index contributed by atoms with van der Waals surface area (Å²) in [5, 5.41) is 12.4. The molecule has 2 aromatic heterocycles. The number of fused-ring (bicyclic) bond motifs is 1. The number of nitrogens with one attached hydrogen (secondary N) is 3. The molecular weight excluding hydrogens is 490 g/mol. The number of hydrogen-bond donors (Lipinski definition) is 3. The van der Waals surface area contributed by atoms with Gasteiger partial charge in [-0.05, 0) is 78.8 Å². The standard InChI is InChI=1S/C26H23F4N5O2/c27-19-10-15(9-18(12-19)24(36)33-20-3-6-31-7-4-20)14-35-8-5-17-11-16(1-2-21(17)25(35)37)22-13-32-34-23(22)26(28,29)30/h1-2,5,8-13,20,31H,3-4,6-7,14H2,(H,32,34)(H,33,36). The average molecular weight is 513 g/mol. The minimum atomic E-state index is -4.60. The Bertz CT molecular complexity index is 1520. The van der Waals surface area contributed by atoms with Gasteiger partial charge in [-0.3, -0.25) is 14.7 Å². The van der Waals surface area contributed by atoms with Gasteiger partial charge in [0.1, 0.15) is 11.5 Å². The van der Waals surface area contributed by atoms with Gasteiger partial charge in [0.15, 0.2) is 0 Å². The van der Waals surface area contributed by atoms with Crippen LogP contribution in [0.4, 0.5) is 17.6 Å². The van der Waals surface area contributed by atoms with E-state index in [2.05, 4.69) is 15.7 Å². The van der Waals surface area contributed by atoms with E-state index in [9.17, 15) is 27.2 Å². The van der Waals surface area contributed by atoms with Crippen molar-refractivity contribution in [2.24, 2.45) is 0 Å². The maximum Gasteiger partial charge on any atom is 0.433 e. The Morgan fingerprint density at radius 3 is 2.65 bits per heavy atom. The monoisotopic (exact) mass is 513 g/mol. The van der Waals surface area contributed by atoms with Crippen LogP contribution >= 0.6 is 0 Å². The first-order valence-corrected chi connectivity index (χ1v) is 11.7. The number of alkyl halides is 3. The molecule has 1 amide bonds. The molecule has 0 atom stereocenters. The van der Waals surface area contributed by atoms with E-state index in [4.69, 9.17) is 0 Å². The highest BCUT2D eigenvalue weighted by Gasteiger charge is 2.36. The van der Waals surface area contributed by atoms with Crippen molar-refractivity contribution in [1.82, 2.24) is 25.4 Å². The van der Waals surface area contributed by atoms with Gasteiger partial charge in [0.25, 0.3) is 11.5 Å². The number of rotatable bonds is 5. The molecule has 1 saturated heterocycles. The number of aromatic amines is 1. The first-order chi connectivity index (χ1) is 17.7. The van der Waals surface area contributed by atoms with E-state index >= 15 is 0 Å². The topological polar surface area (TPSA) is 91.8 Å². The number of carbonyl (C=O) groups excluding carboxylic acids is 1. The summed E-state index contributed by atoms with van der Waals surface area (Å²) in [4.78, 5) is 25.8. The van der Waals surface area contributed by atoms with Gasteiger partial charge in [-0.25, -0.2) is 4.39 Å². The van der Waals surface area contributed by atoms with E-state index in [-0.39, 0.29) is 35.2 Å². The number of halogens is 4. The Labute approximate surface area is 208 Å². The first-order valence-electron chi connectivity index (χ1n) is 11.7. The zero-order valence-corrected chi connectivity index (χ0v) is 19.5. The van der Waals surface area contributed by atoms with Crippen LogP contribution in [-0.4, -0.2) is 39.8 Å². The number of aromatic nitrogens is 3. The van der Waals surface area contributed by atoms with Crippen LogP contribution in [0.15, 0.2) is 59.7 Å². The van der Waals surface area contributed by atoms with Crippen LogP contribution in [-0.2, 0) is 12.7 Å². The highest BCUT2D eigenvalue weighted by molar-refractivity contribution is 5.94. The Kier molecular flexibility index (Phi) is 6.55. The summed E-state index contributed by atoms with van der Waals surface area (Å²) in [5.41, 5.74) is -0.605. The second kappa shape index (κ2) is 9.81. The summed E-state index contributed by atoms with van der Waals surface area (Å²) in [6, 6.07) is 9.98. The van der Waals surface area contributed by atoms with Crippen molar-refractivity contribution in [2.75, 3.05) is 13.1 Å². The molecule has 0 spiro atoms. The van der Waals surface area contributed by atoms with Gasteiger partial charge in [-0.2, -0.15) is 18.3 Å². The maximum atomic E-state index is 14.4. The second-order valence-electron chi connectivity index (χ2n) is 9.05. The zero-order chi connectivity index (χ0) is 26.2. The molecule has 2 aromatic carbocycles. The molecule has 3 heterocycles. The van der Waals surface area contributed by atoms with E-state index in [1.807, 2.05) is 5.10 Å². The number of H-pyrrole nitrogens is 1. The van der Waals surface area contributed by atoms with Gasteiger partial charge in [0, 0.05) is 28.8 Å². The Balaban J connectivity index is 1.41. The van der Waals surface area contributed by atoms with Crippen LogP contribution in [0.1, 0.15) is 34.5 Å². The Morgan fingerprint density at radius 1 is 1.11 bits per heavy atom. The quantitative estimate of drug-likeness (QED) is 0.351. The van der Waals surface area contributed by atoms with Crippen LogP contribution in [0.3, 0.4) is 0 Å². The van der Waals surface area contributed by atoms with Crippen molar-refractivity contribution in [3.63, 3.8) is 0 Å². The third-order valence-electron chi connectivity index (χ3n) is 6.46. The third-order valence-corrected chi connectivity index (χ3v) is 6.46. The summed E-state index contributed by atoms with van der Waals surface area (Å²) < 4.78 is 55.5. The fourth-order valence-corrected chi connectivity index (χ4v) is 4.61. The predicted octanol–water partition coefficient (Wildman–Crippen LogP) is 4.08. The predicted molar refractivity (Wildman–Crippen MR) is 130 cm³/mol. The second-order valence-corrected chi connectivity index (χ2v) is 9.05. The number of nitrogens with zero attached hydrogens (tertiary/aromatic N) is 2. The fraction of sp³-hybridized carbons (Fsp3) is 0.269. The highest BCUT2D eigenvalue weighted by Crippen LogP contribution is 2.36. The number of hydrogen-bond acceptors (Lipinski definition) is 4. The molecule has 3 N–H and O–H groups in total. The highest BCUT2D eigenvalue weighted by atomic mass is 19.4. The SMILES string of the molecule is O=C(NC1CCNCC1)c1cc(F)cc(Cn2ccc3cc(-c4cn[nH]c4C(F)(F)F)ccc3c2=O)c1. The lowest BCUT2D eigenvalue weighted by molar-refractivity contribution is -0.140. The number of amides is 1. The fourth-order valence-electron chi connectivity index (χ4n) is 4.61. The smallest absolute Gasteiger partial charge is 0.349 e. The Hall–Kier alpha value is -3.99. The van der Waals surface area contributed by atoms with Gasteiger partial charge < -0.3 is 15.2 Å². The molecule has 1 aliphatic rings. The van der Waals surface area contributed by atoms with Crippen LogP contribution in [0.5, 0.6) is 0 Å². The minimum Gasteiger partial charge on any atom is -0.349 e. The lowest BCUT2D eigenvalue weighted by Crippen LogP contribution is -2.42. The van der Waals surface area contributed by atoms with Crippen LogP contribution < -0.4 is 16.2 Å². The molecule has 37 heavy (non-hydrogen) atoms. The van der Waals surface area contributed by atoms with E-state index < -0.39 is 23.2 Å². The molecule has 1 aliphatic heterocycles. The number of benzene rings is 2. The number of pyridine rings is 1.